The third kappa shape index (κ3) is 4.01. The number of nitrogen functional groups attached to an aromatic ring is 1. The van der Waals surface area contributed by atoms with Gasteiger partial charge in [0, 0.05) is 6.54 Å². The molecule has 1 aromatic carbocycles. The minimum atomic E-state index is -2.32. The Labute approximate surface area is 92.6 Å². The molecule has 0 aliphatic heterocycles. The molecule has 0 heterocycles. The molecule has 2 nitrogen and oxygen atoms in total. The maximum Gasteiger partial charge on any atom is 0.251 e. The molecule has 0 aliphatic rings. The van der Waals surface area contributed by atoms with E-state index in [2.05, 4.69) is 0 Å². The van der Waals surface area contributed by atoms with E-state index in [4.69, 9.17) is 17.3 Å². The van der Waals surface area contributed by atoms with Crippen molar-refractivity contribution in [3.05, 3.63) is 28.8 Å². The molecule has 0 amide bonds. The van der Waals surface area contributed by atoms with Crippen LogP contribution in [-0.4, -0.2) is 24.9 Å². The largest absolute Gasteiger partial charge is 0.398 e. The Morgan fingerprint density at radius 2 is 2.13 bits per heavy atom. The van der Waals surface area contributed by atoms with Crippen LogP contribution in [0.2, 0.25) is 5.02 Å². The van der Waals surface area contributed by atoms with Gasteiger partial charge in [0.1, 0.15) is 0 Å². The quantitative estimate of drug-likeness (QED) is 0.812. The van der Waals surface area contributed by atoms with Gasteiger partial charge >= 0.3 is 0 Å². The van der Waals surface area contributed by atoms with E-state index in [9.17, 15) is 8.78 Å². The first-order valence-corrected chi connectivity index (χ1v) is 4.87. The molecule has 5 heteroatoms. The summed E-state index contributed by atoms with van der Waals surface area (Å²) < 4.78 is 24.1. The van der Waals surface area contributed by atoms with Crippen LogP contribution in [0.15, 0.2) is 18.2 Å². The molecule has 0 atom stereocenters. The average Bonchev–Trinajstić information content (AvgIpc) is 2.10. The van der Waals surface area contributed by atoms with Crippen molar-refractivity contribution in [1.29, 1.82) is 0 Å². The summed E-state index contributed by atoms with van der Waals surface area (Å²) in [5.41, 5.74) is 6.90. The molecular weight excluding hydrogens is 222 g/mol. The molecule has 0 aliphatic carbocycles. The van der Waals surface area contributed by atoms with Crippen LogP contribution >= 0.6 is 11.6 Å². The number of nitrogens with two attached hydrogens (primary N) is 1. The molecule has 1 aromatic rings. The van der Waals surface area contributed by atoms with Crippen LogP contribution in [0.4, 0.5) is 14.5 Å². The van der Waals surface area contributed by atoms with E-state index in [0.29, 0.717) is 17.3 Å². The summed E-state index contributed by atoms with van der Waals surface area (Å²) in [5, 5.41) is 0.456. The number of nitrogens with zero attached hydrogens (tertiary/aromatic N) is 1. The van der Waals surface area contributed by atoms with Crippen LogP contribution in [0.1, 0.15) is 5.56 Å². The summed E-state index contributed by atoms with van der Waals surface area (Å²) in [6.45, 7) is 0.187. The fourth-order valence-corrected chi connectivity index (χ4v) is 1.48. The molecule has 2 N–H and O–H groups in total. The predicted octanol–water partition coefficient (Wildman–Crippen LogP) is 2.62. The smallest absolute Gasteiger partial charge is 0.251 e. The highest BCUT2D eigenvalue weighted by atomic mass is 35.5. The van der Waals surface area contributed by atoms with E-state index in [1.54, 1.807) is 25.2 Å². The summed E-state index contributed by atoms with van der Waals surface area (Å²) in [4.78, 5) is 1.53. The second-order valence-corrected chi connectivity index (χ2v) is 3.85. The van der Waals surface area contributed by atoms with Gasteiger partial charge in [0.05, 0.1) is 17.3 Å². The van der Waals surface area contributed by atoms with Crippen LogP contribution in [0, 0.1) is 0 Å². The van der Waals surface area contributed by atoms with Gasteiger partial charge in [0.2, 0.25) is 0 Å². The predicted molar refractivity (Wildman–Crippen MR) is 58.2 cm³/mol. The Morgan fingerprint density at radius 1 is 1.47 bits per heavy atom. The van der Waals surface area contributed by atoms with Crippen LogP contribution in [0.3, 0.4) is 0 Å². The number of rotatable bonds is 4. The molecule has 0 fully saturated rings. The maximum absolute atomic E-state index is 12.0. The zero-order valence-electron chi connectivity index (χ0n) is 8.38. The molecule has 0 unspecified atom stereocenters. The molecule has 15 heavy (non-hydrogen) atoms. The van der Waals surface area contributed by atoms with E-state index in [0.717, 1.165) is 5.56 Å². The monoisotopic (exact) mass is 234 g/mol. The molecule has 0 bridgehead atoms. The fraction of sp³-hybridized carbons (Fsp3) is 0.400. The standard InChI is InChI=1S/C10H13ClF2N2/c1-15(6-10(12)13)5-7-2-3-9(14)8(11)4-7/h2-4,10H,5-6,14H2,1H3. The van der Waals surface area contributed by atoms with E-state index < -0.39 is 6.43 Å². The van der Waals surface area contributed by atoms with Gasteiger partial charge in [0.25, 0.3) is 6.43 Å². The first-order chi connectivity index (χ1) is 6.99. The van der Waals surface area contributed by atoms with E-state index >= 15 is 0 Å². The van der Waals surface area contributed by atoms with E-state index in [-0.39, 0.29) is 6.54 Å². The summed E-state index contributed by atoms with van der Waals surface area (Å²) >= 11 is 5.81. The first kappa shape index (κ1) is 12.2. The minimum Gasteiger partial charge on any atom is -0.398 e. The highest BCUT2D eigenvalue weighted by molar-refractivity contribution is 6.33. The molecule has 0 saturated heterocycles. The zero-order chi connectivity index (χ0) is 11.4. The Hall–Kier alpha value is -0.870. The summed E-state index contributed by atoms with van der Waals surface area (Å²) in [5.74, 6) is 0. The molecule has 0 spiro atoms. The van der Waals surface area contributed by atoms with Gasteiger partial charge in [-0.25, -0.2) is 8.78 Å². The van der Waals surface area contributed by atoms with Gasteiger partial charge in [-0.2, -0.15) is 0 Å². The lowest BCUT2D eigenvalue weighted by Gasteiger charge is -2.16. The van der Waals surface area contributed by atoms with Crippen molar-refractivity contribution >= 4 is 17.3 Å². The van der Waals surface area contributed by atoms with Gasteiger partial charge < -0.3 is 5.73 Å². The summed E-state index contributed by atoms with van der Waals surface area (Å²) in [6, 6.07) is 5.15. The Kier molecular flexibility index (Phi) is 4.29. The van der Waals surface area contributed by atoms with E-state index in [1.807, 2.05) is 0 Å². The topological polar surface area (TPSA) is 29.3 Å². The number of anilines is 1. The Bertz CT molecular complexity index is 331. The zero-order valence-corrected chi connectivity index (χ0v) is 9.14. The Balaban J connectivity index is 2.60. The fourth-order valence-electron chi connectivity index (χ4n) is 1.28. The van der Waals surface area contributed by atoms with E-state index in [1.165, 1.54) is 4.90 Å². The number of hydrogen-bond donors (Lipinski definition) is 1. The number of hydrogen-bond acceptors (Lipinski definition) is 2. The second-order valence-electron chi connectivity index (χ2n) is 3.44. The van der Waals surface area contributed by atoms with Crippen molar-refractivity contribution in [3.8, 4) is 0 Å². The lowest BCUT2D eigenvalue weighted by molar-refractivity contribution is 0.0975. The van der Waals surface area contributed by atoms with Crippen molar-refractivity contribution < 1.29 is 8.78 Å². The molecule has 1 rings (SSSR count). The normalized spacial score (nSPS) is 11.3. The SMILES string of the molecule is CN(Cc1ccc(N)c(Cl)c1)CC(F)F. The summed E-state index contributed by atoms with van der Waals surface area (Å²) in [6.07, 6.45) is -2.32. The van der Waals surface area contributed by atoms with Crippen molar-refractivity contribution in [1.82, 2.24) is 4.90 Å². The van der Waals surface area contributed by atoms with Crippen molar-refractivity contribution in [2.24, 2.45) is 0 Å². The third-order valence-electron chi connectivity index (χ3n) is 1.97. The molecule has 84 valence electrons. The van der Waals surface area contributed by atoms with Crippen molar-refractivity contribution in [2.45, 2.75) is 13.0 Å². The van der Waals surface area contributed by atoms with Crippen LogP contribution in [0.25, 0.3) is 0 Å². The third-order valence-corrected chi connectivity index (χ3v) is 2.29. The van der Waals surface area contributed by atoms with Crippen LogP contribution in [0.5, 0.6) is 0 Å². The number of alkyl halides is 2. The molecular formula is C10H13ClF2N2. The van der Waals surface area contributed by atoms with Gasteiger partial charge in [-0.05, 0) is 24.7 Å². The van der Waals surface area contributed by atoms with Crippen molar-refractivity contribution in [2.75, 3.05) is 19.3 Å². The molecule has 0 saturated carbocycles. The number of halogens is 3. The molecule has 0 aromatic heterocycles. The maximum atomic E-state index is 12.0. The highest BCUT2D eigenvalue weighted by Gasteiger charge is 2.08. The minimum absolute atomic E-state index is 0.248. The Morgan fingerprint density at radius 3 is 2.67 bits per heavy atom. The second kappa shape index (κ2) is 5.28. The van der Waals surface area contributed by atoms with Crippen molar-refractivity contribution in [3.63, 3.8) is 0 Å². The first-order valence-electron chi connectivity index (χ1n) is 4.49. The van der Waals surface area contributed by atoms with Crippen LogP contribution in [-0.2, 0) is 6.54 Å². The lowest BCUT2D eigenvalue weighted by atomic mass is 10.2. The van der Waals surface area contributed by atoms with Gasteiger partial charge in [0.15, 0.2) is 0 Å². The molecule has 0 radical (unpaired) electrons. The van der Waals surface area contributed by atoms with Gasteiger partial charge in [-0.15, -0.1) is 0 Å². The van der Waals surface area contributed by atoms with Gasteiger partial charge in [-0.1, -0.05) is 17.7 Å². The summed E-state index contributed by atoms with van der Waals surface area (Å²) in [7, 11) is 1.64. The highest BCUT2D eigenvalue weighted by Crippen LogP contribution is 2.20. The number of benzene rings is 1. The lowest BCUT2D eigenvalue weighted by Crippen LogP contribution is -2.24. The van der Waals surface area contributed by atoms with Crippen LogP contribution < -0.4 is 5.73 Å². The van der Waals surface area contributed by atoms with Gasteiger partial charge in [-0.3, -0.25) is 4.90 Å². The average molecular weight is 235 g/mol.